The number of pyridine rings is 1. The van der Waals surface area contributed by atoms with Crippen LogP contribution in [-0.4, -0.2) is 61.1 Å². The van der Waals surface area contributed by atoms with E-state index < -0.39 is 0 Å². The number of nitrogens with zero attached hydrogens (tertiary/aromatic N) is 3. The van der Waals surface area contributed by atoms with E-state index >= 15 is 0 Å². The number of aryl methyl sites for hydroxylation is 1. The first-order valence-corrected chi connectivity index (χ1v) is 7.22. The zero-order valence-corrected chi connectivity index (χ0v) is 12.7. The minimum absolute atomic E-state index is 0.956. The van der Waals surface area contributed by atoms with Crippen LogP contribution in [-0.2, 0) is 0 Å². The number of anilines is 1. The lowest BCUT2D eigenvalue weighted by atomic mass is 10.3. The van der Waals surface area contributed by atoms with Crippen LogP contribution >= 0.6 is 15.9 Å². The van der Waals surface area contributed by atoms with Crippen molar-refractivity contribution < 1.29 is 0 Å². The van der Waals surface area contributed by atoms with Crippen LogP contribution in [0, 0.1) is 6.92 Å². The van der Waals surface area contributed by atoms with Gasteiger partial charge in [-0.25, -0.2) is 4.98 Å². The molecule has 2 rings (SSSR count). The molecule has 0 spiro atoms. The zero-order valence-electron chi connectivity index (χ0n) is 11.1. The van der Waals surface area contributed by atoms with Crippen LogP contribution in [0.5, 0.6) is 0 Å². The van der Waals surface area contributed by atoms with Gasteiger partial charge in [0.25, 0.3) is 0 Å². The van der Waals surface area contributed by atoms with E-state index in [-0.39, 0.29) is 0 Å². The van der Waals surface area contributed by atoms with Gasteiger partial charge in [0, 0.05) is 43.7 Å². The molecule has 0 radical (unpaired) electrons. The third-order valence-electron chi connectivity index (χ3n) is 3.35. The van der Waals surface area contributed by atoms with E-state index in [0.29, 0.717) is 0 Å². The Morgan fingerprint density at radius 2 is 2.00 bits per heavy atom. The van der Waals surface area contributed by atoms with E-state index in [1.807, 2.05) is 19.1 Å². The van der Waals surface area contributed by atoms with Crippen LogP contribution in [0.2, 0.25) is 0 Å². The SMILES string of the molecule is Cc1nc(NCCN2CCN(C)CC2)ccc1Br. The molecule has 5 heteroatoms. The molecule has 1 aliphatic rings. The van der Waals surface area contributed by atoms with Crippen molar-refractivity contribution in [3.05, 3.63) is 22.3 Å². The monoisotopic (exact) mass is 312 g/mol. The lowest BCUT2D eigenvalue weighted by Gasteiger charge is -2.32. The summed E-state index contributed by atoms with van der Waals surface area (Å²) < 4.78 is 1.06. The van der Waals surface area contributed by atoms with Crippen molar-refractivity contribution >= 4 is 21.7 Å². The second kappa shape index (κ2) is 6.50. The minimum atomic E-state index is 0.956. The molecular weight excluding hydrogens is 292 g/mol. The number of rotatable bonds is 4. The highest BCUT2D eigenvalue weighted by Crippen LogP contribution is 2.15. The smallest absolute Gasteiger partial charge is 0.126 e. The minimum Gasteiger partial charge on any atom is -0.369 e. The third kappa shape index (κ3) is 3.93. The highest BCUT2D eigenvalue weighted by atomic mass is 79.9. The molecule has 0 saturated carbocycles. The molecule has 2 heterocycles. The van der Waals surface area contributed by atoms with Gasteiger partial charge in [-0.15, -0.1) is 0 Å². The Morgan fingerprint density at radius 1 is 1.28 bits per heavy atom. The lowest BCUT2D eigenvalue weighted by Crippen LogP contribution is -2.45. The van der Waals surface area contributed by atoms with Crippen LogP contribution in [0.4, 0.5) is 5.82 Å². The maximum atomic E-state index is 4.48. The van der Waals surface area contributed by atoms with E-state index in [4.69, 9.17) is 0 Å². The highest BCUT2D eigenvalue weighted by Gasteiger charge is 2.12. The van der Waals surface area contributed by atoms with Crippen molar-refractivity contribution in [1.29, 1.82) is 0 Å². The topological polar surface area (TPSA) is 31.4 Å². The summed E-state index contributed by atoms with van der Waals surface area (Å²) >= 11 is 3.46. The maximum Gasteiger partial charge on any atom is 0.126 e. The summed E-state index contributed by atoms with van der Waals surface area (Å²) in [5.74, 6) is 0.963. The van der Waals surface area contributed by atoms with Gasteiger partial charge in [0.1, 0.15) is 5.82 Å². The first kappa shape index (κ1) is 13.8. The van der Waals surface area contributed by atoms with Gasteiger partial charge in [-0.1, -0.05) is 0 Å². The van der Waals surface area contributed by atoms with E-state index in [9.17, 15) is 0 Å². The van der Waals surface area contributed by atoms with Gasteiger partial charge in [-0.3, -0.25) is 4.90 Å². The van der Waals surface area contributed by atoms with Gasteiger partial charge in [0.2, 0.25) is 0 Å². The Labute approximate surface area is 118 Å². The zero-order chi connectivity index (χ0) is 13.0. The summed E-state index contributed by atoms with van der Waals surface area (Å²) in [4.78, 5) is 9.36. The summed E-state index contributed by atoms with van der Waals surface area (Å²) in [5, 5.41) is 3.38. The summed E-state index contributed by atoms with van der Waals surface area (Å²) in [6.45, 7) is 8.75. The van der Waals surface area contributed by atoms with Crippen molar-refractivity contribution in [2.24, 2.45) is 0 Å². The third-order valence-corrected chi connectivity index (χ3v) is 4.19. The fourth-order valence-electron chi connectivity index (χ4n) is 2.06. The molecule has 1 aliphatic heterocycles. The summed E-state index contributed by atoms with van der Waals surface area (Å²) in [6, 6.07) is 4.06. The van der Waals surface area contributed by atoms with Crippen molar-refractivity contribution in [1.82, 2.24) is 14.8 Å². The first-order valence-electron chi connectivity index (χ1n) is 6.43. The predicted molar refractivity (Wildman–Crippen MR) is 79.1 cm³/mol. The molecule has 4 nitrogen and oxygen atoms in total. The summed E-state index contributed by atoms with van der Waals surface area (Å²) in [5.41, 5.74) is 1.03. The summed E-state index contributed by atoms with van der Waals surface area (Å²) in [6.07, 6.45) is 0. The molecule has 1 aromatic heterocycles. The molecule has 1 saturated heterocycles. The number of likely N-dealkylation sites (N-methyl/N-ethyl adjacent to an activating group) is 1. The largest absolute Gasteiger partial charge is 0.369 e. The number of nitrogens with one attached hydrogen (secondary N) is 1. The van der Waals surface area contributed by atoms with Crippen LogP contribution in [0.1, 0.15) is 5.69 Å². The molecule has 0 atom stereocenters. The van der Waals surface area contributed by atoms with E-state index in [1.165, 1.54) is 26.2 Å². The van der Waals surface area contributed by atoms with Gasteiger partial charge in [-0.2, -0.15) is 0 Å². The standard InChI is InChI=1S/C13H21BrN4/c1-11-12(14)3-4-13(16-11)15-5-6-18-9-7-17(2)8-10-18/h3-4H,5-10H2,1-2H3,(H,15,16). The highest BCUT2D eigenvalue weighted by molar-refractivity contribution is 9.10. The molecule has 0 amide bonds. The van der Waals surface area contributed by atoms with Crippen molar-refractivity contribution in [3.8, 4) is 0 Å². The van der Waals surface area contributed by atoms with E-state index in [1.54, 1.807) is 0 Å². The van der Waals surface area contributed by atoms with Gasteiger partial charge < -0.3 is 10.2 Å². The second-order valence-corrected chi connectivity index (χ2v) is 5.69. The maximum absolute atomic E-state index is 4.48. The molecule has 100 valence electrons. The van der Waals surface area contributed by atoms with Gasteiger partial charge >= 0.3 is 0 Å². The van der Waals surface area contributed by atoms with Crippen molar-refractivity contribution in [2.75, 3.05) is 51.6 Å². The average molecular weight is 313 g/mol. The Kier molecular flexibility index (Phi) is 4.97. The van der Waals surface area contributed by atoms with Crippen LogP contribution < -0.4 is 5.32 Å². The Morgan fingerprint density at radius 3 is 2.67 bits per heavy atom. The Balaban J connectivity index is 1.73. The van der Waals surface area contributed by atoms with Crippen LogP contribution in [0.15, 0.2) is 16.6 Å². The van der Waals surface area contributed by atoms with Crippen molar-refractivity contribution in [3.63, 3.8) is 0 Å². The molecule has 1 N–H and O–H groups in total. The molecular formula is C13H21BrN4. The Hall–Kier alpha value is -0.650. The number of aromatic nitrogens is 1. The summed E-state index contributed by atoms with van der Waals surface area (Å²) in [7, 11) is 2.18. The normalized spacial score (nSPS) is 17.9. The van der Waals surface area contributed by atoms with Gasteiger partial charge in [-0.05, 0) is 42.0 Å². The molecule has 0 unspecified atom stereocenters. The Bertz CT molecular complexity index is 389. The van der Waals surface area contributed by atoms with E-state index in [2.05, 4.69) is 43.1 Å². The molecule has 18 heavy (non-hydrogen) atoms. The fraction of sp³-hybridized carbons (Fsp3) is 0.615. The average Bonchev–Trinajstić information content (AvgIpc) is 2.36. The lowest BCUT2D eigenvalue weighted by molar-refractivity contribution is 0.158. The number of piperazine rings is 1. The van der Waals surface area contributed by atoms with Gasteiger partial charge in [0.05, 0.1) is 5.69 Å². The molecule has 1 aromatic rings. The van der Waals surface area contributed by atoms with Crippen LogP contribution in [0.25, 0.3) is 0 Å². The van der Waals surface area contributed by atoms with Crippen LogP contribution in [0.3, 0.4) is 0 Å². The molecule has 1 fully saturated rings. The molecule has 0 bridgehead atoms. The predicted octanol–water partition coefficient (Wildman–Crippen LogP) is 1.81. The first-order chi connectivity index (χ1) is 8.65. The number of halogens is 1. The number of hydrogen-bond acceptors (Lipinski definition) is 4. The second-order valence-electron chi connectivity index (χ2n) is 4.84. The molecule has 0 aromatic carbocycles. The van der Waals surface area contributed by atoms with Crippen molar-refractivity contribution in [2.45, 2.75) is 6.92 Å². The fourth-order valence-corrected chi connectivity index (χ4v) is 2.28. The number of hydrogen-bond donors (Lipinski definition) is 1. The van der Waals surface area contributed by atoms with Gasteiger partial charge in [0.15, 0.2) is 0 Å². The van der Waals surface area contributed by atoms with E-state index in [0.717, 1.165) is 29.1 Å². The molecule has 0 aliphatic carbocycles. The quantitative estimate of drug-likeness (QED) is 0.919.